The number of phenols is 2. The molecule has 1 unspecified atom stereocenters. The SMILES string of the molecule is CC(CN)c1cc(Br)c(O)c(F)c1O. The maximum Gasteiger partial charge on any atom is 0.207 e. The van der Waals surface area contributed by atoms with Crippen LogP contribution in [0.2, 0.25) is 0 Å². The molecule has 0 spiro atoms. The first-order chi connectivity index (χ1) is 6.49. The van der Waals surface area contributed by atoms with Crippen LogP contribution in [0.5, 0.6) is 11.5 Å². The van der Waals surface area contributed by atoms with Gasteiger partial charge in [0.1, 0.15) is 0 Å². The third-order valence-electron chi connectivity index (χ3n) is 2.08. The Morgan fingerprint density at radius 2 is 2.07 bits per heavy atom. The Morgan fingerprint density at radius 3 is 2.57 bits per heavy atom. The largest absolute Gasteiger partial charge is 0.505 e. The Hall–Kier alpha value is -0.810. The summed E-state index contributed by atoms with van der Waals surface area (Å²) < 4.78 is 13.4. The van der Waals surface area contributed by atoms with Crippen molar-refractivity contribution in [3.05, 3.63) is 21.9 Å². The molecule has 4 N–H and O–H groups in total. The van der Waals surface area contributed by atoms with E-state index in [4.69, 9.17) is 10.8 Å². The monoisotopic (exact) mass is 263 g/mol. The molecule has 5 heteroatoms. The number of halogens is 2. The van der Waals surface area contributed by atoms with Crippen molar-refractivity contribution >= 4 is 15.9 Å². The molecule has 78 valence electrons. The number of hydrogen-bond acceptors (Lipinski definition) is 3. The minimum absolute atomic E-state index is 0.165. The highest BCUT2D eigenvalue weighted by atomic mass is 79.9. The van der Waals surface area contributed by atoms with Crippen molar-refractivity contribution in [1.82, 2.24) is 0 Å². The van der Waals surface area contributed by atoms with Gasteiger partial charge in [-0.3, -0.25) is 0 Å². The Bertz CT molecular complexity index is 357. The van der Waals surface area contributed by atoms with E-state index in [1.54, 1.807) is 6.92 Å². The van der Waals surface area contributed by atoms with E-state index in [0.29, 0.717) is 12.1 Å². The predicted molar refractivity (Wildman–Crippen MR) is 54.9 cm³/mol. The number of rotatable bonds is 2. The molecule has 0 radical (unpaired) electrons. The van der Waals surface area contributed by atoms with E-state index in [1.165, 1.54) is 6.07 Å². The molecular formula is C9H11BrFNO2. The summed E-state index contributed by atoms with van der Waals surface area (Å²) in [6, 6.07) is 1.46. The van der Waals surface area contributed by atoms with E-state index in [9.17, 15) is 9.50 Å². The maximum absolute atomic E-state index is 13.2. The molecule has 1 rings (SSSR count). The van der Waals surface area contributed by atoms with Crippen molar-refractivity contribution in [2.75, 3.05) is 6.54 Å². The molecule has 0 fully saturated rings. The molecule has 1 aromatic rings. The minimum atomic E-state index is -1.02. The molecule has 0 saturated heterocycles. The number of phenolic OH excluding ortho intramolecular Hbond substituents is 2. The van der Waals surface area contributed by atoms with Crippen LogP contribution in [0.15, 0.2) is 10.5 Å². The molecule has 0 amide bonds. The Labute approximate surface area is 89.5 Å². The molecule has 0 aliphatic carbocycles. The van der Waals surface area contributed by atoms with Gasteiger partial charge in [-0.15, -0.1) is 0 Å². The van der Waals surface area contributed by atoms with Gasteiger partial charge in [0, 0.05) is 5.56 Å². The second-order valence-corrected chi connectivity index (χ2v) is 3.95. The summed E-state index contributed by atoms with van der Waals surface area (Å²) in [5.41, 5.74) is 5.78. The van der Waals surface area contributed by atoms with Gasteiger partial charge in [0.25, 0.3) is 0 Å². The molecule has 0 heterocycles. The van der Waals surface area contributed by atoms with Crippen LogP contribution in [-0.2, 0) is 0 Å². The van der Waals surface area contributed by atoms with Crippen molar-refractivity contribution in [2.45, 2.75) is 12.8 Å². The van der Waals surface area contributed by atoms with Crippen LogP contribution < -0.4 is 5.73 Å². The van der Waals surface area contributed by atoms with Gasteiger partial charge in [0.05, 0.1) is 4.47 Å². The summed E-state index contributed by atoms with van der Waals surface area (Å²) in [5, 5.41) is 18.5. The Kier molecular flexibility index (Phi) is 3.34. The van der Waals surface area contributed by atoms with Crippen molar-refractivity contribution in [3.63, 3.8) is 0 Å². The topological polar surface area (TPSA) is 66.5 Å². The zero-order valence-corrected chi connectivity index (χ0v) is 9.18. The van der Waals surface area contributed by atoms with E-state index in [0.717, 1.165) is 0 Å². The van der Waals surface area contributed by atoms with Gasteiger partial charge in [-0.2, -0.15) is 4.39 Å². The van der Waals surface area contributed by atoms with Gasteiger partial charge < -0.3 is 15.9 Å². The van der Waals surface area contributed by atoms with E-state index in [-0.39, 0.29) is 10.4 Å². The first-order valence-electron chi connectivity index (χ1n) is 4.09. The fraction of sp³-hybridized carbons (Fsp3) is 0.333. The zero-order chi connectivity index (χ0) is 10.9. The maximum atomic E-state index is 13.2. The zero-order valence-electron chi connectivity index (χ0n) is 7.59. The highest BCUT2D eigenvalue weighted by Gasteiger charge is 2.18. The summed E-state index contributed by atoms with van der Waals surface area (Å²) in [5.74, 6) is -2.31. The van der Waals surface area contributed by atoms with Crippen LogP contribution in [0, 0.1) is 5.82 Å². The fourth-order valence-corrected chi connectivity index (χ4v) is 1.54. The van der Waals surface area contributed by atoms with Crippen molar-refractivity contribution in [3.8, 4) is 11.5 Å². The highest BCUT2D eigenvalue weighted by Crippen LogP contribution is 2.38. The van der Waals surface area contributed by atoms with Crippen LogP contribution in [0.4, 0.5) is 4.39 Å². The quantitative estimate of drug-likeness (QED) is 0.766. The molecule has 3 nitrogen and oxygen atoms in total. The molecule has 1 aromatic carbocycles. The molecule has 14 heavy (non-hydrogen) atoms. The van der Waals surface area contributed by atoms with Crippen LogP contribution in [0.3, 0.4) is 0 Å². The van der Waals surface area contributed by atoms with E-state index in [2.05, 4.69) is 15.9 Å². The van der Waals surface area contributed by atoms with Crippen LogP contribution >= 0.6 is 15.9 Å². The average molecular weight is 264 g/mol. The molecule has 0 aliphatic rings. The van der Waals surface area contributed by atoms with Crippen molar-refractivity contribution in [1.29, 1.82) is 0 Å². The smallest absolute Gasteiger partial charge is 0.207 e. The second-order valence-electron chi connectivity index (χ2n) is 3.10. The lowest BCUT2D eigenvalue weighted by Gasteiger charge is -2.13. The number of hydrogen-bond donors (Lipinski definition) is 3. The average Bonchev–Trinajstić information content (AvgIpc) is 2.19. The standard InChI is InChI=1S/C9H11BrFNO2/c1-4(3-12)5-2-6(10)9(14)7(11)8(5)13/h2,4,13-14H,3,12H2,1H3. The van der Waals surface area contributed by atoms with E-state index >= 15 is 0 Å². The highest BCUT2D eigenvalue weighted by molar-refractivity contribution is 9.10. The summed E-state index contributed by atoms with van der Waals surface area (Å²) in [6.07, 6.45) is 0. The van der Waals surface area contributed by atoms with Crippen molar-refractivity contribution < 1.29 is 14.6 Å². The van der Waals surface area contributed by atoms with E-state index < -0.39 is 17.3 Å². The van der Waals surface area contributed by atoms with E-state index in [1.807, 2.05) is 0 Å². The van der Waals surface area contributed by atoms with Gasteiger partial charge in [0.2, 0.25) is 5.82 Å². The lowest BCUT2D eigenvalue weighted by molar-refractivity contribution is 0.381. The molecule has 0 aliphatic heterocycles. The minimum Gasteiger partial charge on any atom is -0.505 e. The summed E-state index contributed by atoms with van der Waals surface area (Å²) in [7, 11) is 0. The summed E-state index contributed by atoms with van der Waals surface area (Å²) >= 11 is 2.99. The van der Waals surface area contributed by atoms with Gasteiger partial charge >= 0.3 is 0 Å². The Balaban J connectivity index is 3.33. The third kappa shape index (κ3) is 1.83. The van der Waals surface area contributed by atoms with Gasteiger partial charge in [0.15, 0.2) is 11.5 Å². The lowest BCUT2D eigenvalue weighted by Crippen LogP contribution is -2.09. The number of benzene rings is 1. The predicted octanol–water partition coefficient (Wildman–Crippen LogP) is 2.06. The van der Waals surface area contributed by atoms with Gasteiger partial charge in [-0.1, -0.05) is 6.92 Å². The number of nitrogens with two attached hydrogens (primary N) is 1. The molecule has 0 aromatic heterocycles. The lowest BCUT2D eigenvalue weighted by atomic mass is 10.00. The molecule has 0 bridgehead atoms. The Morgan fingerprint density at radius 1 is 1.50 bits per heavy atom. The van der Waals surface area contributed by atoms with Crippen LogP contribution in [0.25, 0.3) is 0 Å². The third-order valence-corrected chi connectivity index (χ3v) is 2.69. The van der Waals surface area contributed by atoms with Crippen LogP contribution in [0.1, 0.15) is 18.4 Å². The number of aromatic hydroxyl groups is 2. The van der Waals surface area contributed by atoms with Gasteiger partial charge in [-0.05, 0) is 34.5 Å². The second kappa shape index (κ2) is 4.14. The summed E-state index contributed by atoms with van der Waals surface area (Å²) in [6.45, 7) is 2.06. The normalized spacial score (nSPS) is 12.9. The first-order valence-corrected chi connectivity index (χ1v) is 4.88. The molecule has 1 atom stereocenters. The van der Waals surface area contributed by atoms with Crippen LogP contribution in [-0.4, -0.2) is 16.8 Å². The fourth-order valence-electron chi connectivity index (χ4n) is 1.12. The van der Waals surface area contributed by atoms with Crippen molar-refractivity contribution in [2.24, 2.45) is 5.73 Å². The van der Waals surface area contributed by atoms with Gasteiger partial charge in [-0.25, -0.2) is 0 Å². The molecule has 0 saturated carbocycles. The first kappa shape index (κ1) is 11.3. The molecular weight excluding hydrogens is 253 g/mol. The summed E-state index contributed by atoms with van der Waals surface area (Å²) in [4.78, 5) is 0.